The zero-order valence-electron chi connectivity index (χ0n) is 9.01. The number of nitrogens with zero attached hydrogens (tertiary/aromatic N) is 2. The van der Waals surface area contributed by atoms with Crippen LogP contribution in [0.5, 0.6) is 0 Å². The van der Waals surface area contributed by atoms with Crippen LogP contribution >= 0.6 is 0 Å². The first-order chi connectivity index (χ1) is 8.02. The number of rotatable bonds is 2. The number of carbonyl (C=O) groups excluding carboxylic acids is 1. The number of non-ortho nitro benzene ring substituents is 1. The maximum atomic E-state index is 11.3. The van der Waals surface area contributed by atoms with Gasteiger partial charge in [0.1, 0.15) is 0 Å². The van der Waals surface area contributed by atoms with E-state index in [1.165, 1.54) is 31.3 Å². The van der Waals surface area contributed by atoms with Crippen LogP contribution in [0.2, 0.25) is 0 Å². The Morgan fingerprint density at radius 1 is 1.41 bits per heavy atom. The highest BCUT2D eigenvalue weighted by Crippen LogP contribution is 2.14. The van der Waals surface area contributed by atoms with E-state index in [2.05, 4.69) is 15.6 Å². The molecular weight excluding hydrogens is 226 g/mol. The number of hydrogen-bond donors (Lipinski definition) is 3. The summed E-state index contributed by atoms with van der Waals surface area (Å²) in [5.74, 6) is -0.0237. The van der Waals surface area contributed by atoms with Gasteiger partial charge in [-0.15, -0.1) is 0 Å². The summed E-state index contributed by atoms with van der Waals surface area (Å²) in [6, 6.07) is 4.83. The Kier molecular flexibility index (Phi) is 3.98. The number of nitro benzene ring substituents is 1. The van der Waals surface area contributed by atoms with Gasteiger partial charge in [0.05, 0.1) is 4.92 Å². The number of amides is 2. The zero-order valence-corrected chi connectivity index (χ0v) is 9.01. The van der Waals surface area contributed by atoms with Gasteiger partial charge in [0, 0.05) is 24.9 Å². The lowest BCUT2D eigenvalue weighted by Gasteiger charge is -2.05. The number of nitro groups is 1. The summed E-state index contributed by atoms with van der Waals surface area (Å²) in [6.07, 6.45) is 0. The lowest BCUT2D eigenvalue weighted by atomic mass is 10.3. The van der Waals surface area contributed by atoms with Gasteiger partial charge < -0.3 is 11.1 Å². The maximum absolute atomic E-state index is 11.3. The van der Waals surface area contributed by atoms with Crippen molar-refractivity contribution >= 4 is 23.4 Å². The summed E-state index contributed by atoms with van der Waals surface area (Å²) in [4.78, 5) is 24.7. The first-order valence-corrected chi connectivity index (χ1v) is 4.57. The molecule has 0 fully saturated rings. The van der Waals surface area contributed by atoms with E-state index in [1.807, 2.05) is 0 Å². The van der Waals surface area contributed by atoms with Crippen LogP contribution in [0.4, 0.5) is 16.2 Å². The van der Waals surface area contributed by atoms with E-state index >= 15 is 0 Å². The Labute approximate surface area is 96.7 Å². The molecule has 8 nitrogen and oxygen atoms in total. The van der Waals surface area contributed by atoms with Gasteiger partial charge in [-0.05, 0) is 12.1 Å². The van der Waals surface area contributed by atoms with Gasteiger partial charge in [-0.2, -0.15) is 0 Å². The third-order valence-corrected chi connectivity index (χ3v) is 1.82. The molecule has 0 aliphatic carbocycles. The van der Waals surface area contributed by atoms with Crippen molar-refractivity contribution in [3.63, 3.8) is 0 Å². The topological polar surface area (TPSA) is 123 Å². The number of guanidine groups is 1. The number of hydrogen-bond acceptors (Lipinski definition) is 4. The van der Waals surface area contributed by atoms with Gasteiger partial charge >= 0.3 is 6.03 Å². The fourth-order valence-electron chi connectivity index (χ4n) is 1.00. The van der Waals surface area contributed by atoms with E-state index < -0.39 is 11.0 Å². The van der Waals surface area contributed by atoms with E-state index in [9.17, 15) is 14.9 Å². The van der Waals surface area contributed by atoms with Crippen LogP contribution in [0, 0.1) is 10.1 Å². The van der Waals surface area contributed by atoms with E-state index in [1.54, 1.807) is 0 Å². The maximum Gasteiger partial charge on any atom is 0.325 e. The third-order valence-electron chi connectivity index (χ3n) is 1.82. The summed E-state index contributed by atoms with van der Waals surface area (Å²) in [7, 11) is 1.43. The number of nitrogens with one attached hydrogen (secondary N) is 2. The molecule has 17 heavy (non-hydrogen) atoms. The van der Waals surface area contributed by atoms with Crippen molar-refractivity contribution in [3.8, 4) is 0 Å². The summed E-state index contributed by atoms with van der Waals surface area (Å²) in [6.45, 7) is 0. The summed E-state index contributed by atoms with van der Waals surface area (Å²) < 4.78 is 0. The predicted octanol–water partition coefficient (Wildman–Crippen LogP) is 0.661. The second-order valence-electron chi connectivity index (χ2n) is 2.99. The molecule has 0 saturated carbocycles. The Morgan fingerprint density at radius 3 is 2.47 bits per heavy atom. The van der Waals surface area contributed by atoms with Gasteiger partial charge in [0.15, 0.2) is 5.96 Å². The molecule has 8 heteroatoms. The summed E-state index contributed by atoms with van der Waals surface area (Å²) in [5, 5.41) is 15.1. The van der Waals surface area contributed by atoms with Crippen LogP contribution in [0.3, 0.4) is 0 Å². The fourth-order valence-corrected chi connectivity index (χ4v) is 1.00. The number of benzene rings is 1. The smallest absolute Gasteiger partial charge is 0.325 e. The Morgan fingerprint density at radius 2 is 2.00 bits per heavy atom. The number of aliphatic imine (C=N–C) groups is 1. The van der Waals surface area contributed by atoms with Crippen LogP contribution in [0.1, 0.15) is 0 Å². The lowest BCUT2D eigenvalue weighted by molar-refractivity contribution is -0.384. The predicted molar refractivity (Wildman–Crippen MR) is 62.8 cm³/mol. The summed E-state index contributed by atoms with van der Waals surface area (Å²) in [5.41, 5.74) is 5.64. The van der Waals surface area contributed by atoms with Gasteiger partial charge in [-0.1, -0.05) is 0 Å². The second kappa shape index (κ2) is 5.45. The van der Waals surface area contributed by atoms with E-state index in [0.29, 0.717) is 5.69 Å². The van der Waals surface area contributed by atoms with Crippen molar-refractivity contribution in [1.29, 1.82) is 0 Å². The van der Waals surface area contributed by atoms with Crippen molar-refractivity contribution in [2.75, 3.05) is 12.4 Å². The van der Waals surface area contributed by atoms with Crippen molar-refractivity contribution in [1.82, 2.24) is 5.32 Å². The Hall–Kier alpha value is -2.64. The van der Waals surface area contributed by atoms with Crippen LogP contribution < -0.4 is 16.4 Å². The summed E-state index contributed by atoms with van der Waals surface area (Å²) >= 11 is 0. The molecule has 0 atom stereocenters. The molecule has 0 aliphatic rings. The first-order valence-electron chi connectivity index (χ1n) is 4.57. The molecule has 2 amide bonds. The standard InChI is InChI=1S/C9H11N5O3/c1-11-8(10)13-9(15)12-6-2-4-7(5-3-6)14(16)17/h2-5H,1H3,(H4,10,11,12,13,15). The molecule has 1 aromatic carbocycles. The van der Waals surface area contributed by atoms with Gasteiger partial charge in [0.25, 0.3) is 5.69 Å². The van der Waals surface area contributed by atoms with E-state index in [4.69, 9.17) is 5.73 Å². The molecule has 0 heterocycles. The van der Waals surface area contributed by atoms with Crippen LogP contribution in [-0.2, 0) is 0 Å². The van der Waals surface area contributed by atoms with Gasteiger partial charge in [-0.3, -0.25) is 20.4 Å². The van der Waals surface area contributed by atoms with Crippen LogP contribution in [0.25, 0.3) is 0 Å². The van der Waals surface area contributed by atoms with Crippen molar-refractivity contribution in [2.24, 2.45) is 10.7 Å². The molecule has 1 aromatic rings. The monoisotopic (exact) mass is 237 g/mol. The minimum absolute atomic E-state index is 0.0237. The third kappa shape index (κ3) is 3.78. The normalized spacial score (nSPS) is 10.8. The fraction of sp³-hybridized carbons (Fsp3) is 0.111. The highest BCUT2D eigenvalue weighted by Gasteiger charge is 2.06. The molecule has 90 valence electrons. The van der Waals surface area contributed by atoms with Crippen LogP contribution in [-0.4, -0.2) is 24.0 Å². The molecule has 0 aromatic heterocycles. The number of anilines is 1. The van der Waals surface area contributed by atoms with Crippen molar-refractivity contribution < 1.29 is 9.72 Å². The number of urea groups is 1. The van der Waals surface area contributed by atoms with Gasteiger partial charge in [0.2, 0.25) is 0 Å². The zero-order chi connectivity index (χ0) is 12.8. The highest BCUT2D eigenvalue weighted by atomic mass is 16.6. The average molecular weight is 237 g/mol. The molecule has 0 saturated heterocycles. The van der Waals surface area contributed by atoms with Crippen LogP contribution in [0.15, 0.2) is 29.3 Å². The number of carbonyl (C=O) groups is 1. The van der Waals surface area contributed by atoms with E-state index in [0.717, 1.165) is 0 Å². The first kappa shape index (κ1) is 12.4. The molecule has 0 radical (unpaired) electrons. The molecule has 0 unspecified atom stereocenters. The average Bonchev–Trinajstić information content (AvgIpc) is 2.29. The quantitative estimate of drug-likeness (QED) is 0.302. The second-order valence-corrected chi connectivity index (χ2v) is 2.99. The molecule has 0 spiro atoms. The molecule has 0 bridgehead atoms. The largest absolute Gasteiger partial charge is 0.370 e. The van der Waals surface area contributed by atoms with Crippen molar-refractivity contribution in [2.45, 2.75) is 0 Å². The SMILES string of the molecule is CN=C(N)NC(=O)Nc1ccc([N+](=O)[O-])cc1. The highest BCUT2D eigenvalue weighted by molar-refractivity contribution is 6.01. The van der Waals surface area contributed by atoms with Crippen molar-refractivity contribution in [3.05, 3.63) is 34.4 Å². The van der Waals surface area contributed by atoms with E-state index in [-0.39, 0.29) is 11.6 Å². The number of nitrogens with two attached hydrogens (primary N) is 1. The molecule has 0 aliphatic heterocycles. The lowest BCUT2D eigenvalue weighted by Crippen LogP contribution is -2.39. The minimum Gasteiger partial charge on any atom is -0.370 e. The minimum atomic E-state index is -0.568. The molecule has 4 N–H and O–H groups in total. The molecular formula is C9H11N5O3. The van der Waals surface area contributed by atoms with Gasteiger partial charge in [-0.25, -0.2) is 4.79 Å². The Bertz CT molecular complexity index is 454. The Balaban J connectivity index is 2.63. The molecule has 1 rings (SSSR count).